The SMILES string of the molecule is CC(C)(C)c1ccc(NC(=O)C2=NOC3(C=Cc4ccccc4C3)C2)cc1. The molecule has 27 heavy (non-hydrogen) atoms. The molecular weight excluding hydrogens is 336 g/mol. The van der Waals surface area contributed by atoms with Gasteiger partial charge in [-0.05, 0) is 40.3 Å². The first-order valence-electron chi connectivity index (χ1n) is 9.29. The highest BCUT2D eigenvalue weighted by Crippen LogP contribution is 2.35. The Morgan fingerprint density at radius 1 is 1.07 bits per heavy atom. The van der Waals surface area contributed by atoms with Gasteiger partial charge in [-0.2, -0.15) is 0 Å². The Morgan fingerprint density at radius 2 is 1.81 bits per heavy atom. The number of hydrogen-bond acceptors (Lipinski definition) is 3. The Labute approximate surface area is 159 Å². The summed E-state index contributed by atoms with van der Waals surface area (Å²) >= 11 is 0. The van der Waals surface area contributed by atoms with Crippen molar-refractivity contribution in [2.45, 2.75) is 44.6 Å². The van der Waals surface area contributed by atoms with Crippen LogP contribution in [0, 0.1) is 0 Å². The monoisotopic (exact) mass is 360 g/mol. The molecule has 1 atom stereocenters. The van der Waals surface area contributed by atoms with E-state index in [0.717, 1.165) is 12.1 Å². The lowest BCUT2D eigenvalue weighted by molar-refractivity contribution is -0.110. The fourth-order valence-electron chi connectivity index (χ4n) is 3.54. The molecule has 1 aliphatic carbocycles. The quantitative estimate of drug-likeness (QED) is 0.843. The lowest BCUT2D eigenvalue weighted by Gasteiger charge is -2.27. The minimum absolute atomic E-state index is 0.0852. The van der Waals surface area contributed by atoms with Gasteiger partial charge in [0.25, 0.3) is 5.91 Å². The van der Waals surface area contributed by atoms with Crippen LogP contribution in [0.15, 0.2) is 59.8 Å². The fourth-order valence-corrected chi connectivity index (χ4v) is 3.54. The first kappa shape index (κ1) is 17.5. The number of oxime groups is 1. The molecule has 2 aromatic rings. The average Bonchev–Trinajstić information content (AvgIpc) is 3.05. The summed E-state index contributed by atoms with van der Waals surface area (Å²) in [4.78, 5) is 18.3. The second kappa shape index (κ2) is 6.38. The molecule has 0 saturated carbocycles. The van der Waals surface area contributed by atoms with Gasteiger partial charge in [0.05, 0.1) is 0 Å². The Hall–Kier alpha value is -2.88. The van der Waals surface area contributed by atoms with Gasteiger partial charge >= 0.3 is 0 Å². The van der Waals surface area contributed by atoms with Crippen LogP contribution in [0.5, 0.6) is 0 Å². The van der Waals surface area contributed by atoms with Gasteiger partial charge in [0.1, 0.15) is 5.71 Å². The predicted octanol–water partition coefficient (Wildman–Crippen LogP) is 4.71. The normalized spacial score (nSPS) is 20.8. The molecule has 0 fully saturated rings. The molecule has 0 aromatic heterocycles. The van der Waals surface area contributed by atoms with Crippen LogP contribution in [0.1, 0.15) is 43.9 Å². The number of benzene rings is 2. The zero-order chi connectivity index (χ0) is 19.1. The van der Waals surface area contributed by atoms with E-state index in [-0.39, 0.29) is 11.3 Å². The highest BCUT2D eigenvalue weighted by molar-refractivity contribution is 6.43. The third-order valence-corrected chi connectivity index (χ3v) is 5.19. The summed E-state index contributed by atoms with van der Waals surface area (Å²) in [6, 6.07) is 16.2. The summed E-state index contributed by atoms with van der Waals surface area (Å²) in [7, 11) is 0. The summed E-state index contributed by atoms with van der Waals surface area (Å²) in [5.41, 5.74) is 4.38. The van der Waals surface area contributed by atoms with Crippen LogP contribution in [0.4, 0.5) is 5.69 Å². The number of amides is 1. The maximum atomic E-state index is 12.6. The number of anilines is 1. The number of fused-ring (bicyclic) bond motifs is 1. The molecule has 4 nitrogen and oxygen atoms in total. The van der Waals surface area contributed by atoms with Gasteiger partial charge in [-0.1, -0.05) is 68.4 Å². The second-order valence-electron chi connectivity index (χ2n) is 8.36. The molecule has 1 spiro atoms. The summed E-state index contributed by atoms with van der Waals surface area (Å²) < 4.78 is 0. The van der Waals surface area contributed by atoms with Crippen molar-refractivity contribution < 1.29 is 9.63 Å². The first-order valence-corrected chi connectivity index (χ1v) is 9.29. The van der Waals surface area contributed by atoms with E-state index in [4.69, 9.17) is 4.84 Å². The van der Waals surface area contributed by atoms with E-state index in [0.29, 0.717) is 12.1 Å². The minimum Gasteiger partial charge on any atom is -0.384 e. The largest absolute Gasteiger partial charge is 0.384 e. The third-order valence-electron chi connectivity index (χ3n) is 5.19. The van der Waals surface area contributed by atoms with E-state index in [1.807, 2.05) is 42.5 Å². The zero-order valence-corrected chi connectivity index (χ0v) is 16.0. The average molecular weight is 360 g/mol. The van der Waals surface area contributed by atoms with Crippen molar-refractivity contribution in [1.82, 2.24) is 0 Å². The lowest BCUT2D eigenvalue weighted by atomic mass is 9.83. The zero-order valence-electron chi connectivity index (χ0n) is 16.0. The van der Waals surface area contributed by atoms with Crippen molar-refractivity contribution in [3.63, 3.8) is 0 Å². The van der Waals surface area contributed by atoms with Crippen molar-refractivity contribution in [3.05, 3.63) is 71.3 Å². The number of carbonyl (C=O) groups excluding carboxylic acids is 1. The molecule has 0 saturated heterocycles. The highest BCUT2D eigenvalue weighted by Gasteiger charge is 2.41. The van der Waals surface area contributed by atoms with Crippen LogP contribution in [0.3, 0.4) is 0 Å². The maximum absolute atomic E-state index is 12.6. The molecule has 1 N–H and O–H groups in total. The van der Waals surface area contributed by atoms with Crippen LogP contribution in [-0.4, -0.2) is 17.2 Å². The van der Waals surface area contributed by atoms with Crippen LogP contribution >= 0.6 is 0 Å². The highest BCUT2D eigenvalue weighted by atomic mass is 16.7. The molecule has 2 aromatic carbocycles. The Bertz CT molecular complexity index is 936. The molecule has 4 heteroatoms. The molecular formula is C23H24N2O2. The summed E-state index contributed by atoms with van der Waals surface area (Å²) in [5, 5.41) is 7.02. The Balaban J connectivity index is 1.43. The van der Waals surface area contributed by atoms with Gasteiger partial charge in [-0.15, -0.1) is 0 Å². The van der Waals surface area contributed by atoms with E-state index < -0.39 is 5.60 Å². The number of hydrogen-bond donors (Lipinski definition) is 1. The second-order valence-corrected chi connectivity index (χ2v) is 8.36. The minimum atomic E-state index is -0.545. The van der Waals surface area contributed by atoms with Gasteiger partial charge < -0.3 is 10.2 Å². The molecule has 1 aliphatic heterocycles. The van der Waals surface area contributed by atoms with Gasteiger partial charge in [-0.25, -0.2) is 0 Å². The number of nitrogens with one attached hydrogen (secondary N) is 1. The molecule has 138 valence electrons. The maximum Gasteiger partial charge on any atom is 0.273 e. The third kappa shape index (κ3) is 3.52. The van der Waals surface area contributed by atoms with Crippen molar-refractivity contribution in [1.29, 1.82) is 0 Å². The van der Waals surface area contributed by atoms with Gasteiger partial charge in [0, 0.05) is 18.5 Å². The van der Waals surface area contributed by atoms with Gasteiger partial charge in [0.2, 0.25) is 0 Å². The van der Waals surface area contributed by atoms with E-state index in [1.54, 1.807) is 0 Å². The van der Waals surface area contributed by atoms with Crippen LogP contribution < -0.4 is 5.32 Å². The standard InChI is InChI=1S/C23H24N2O2/c1-22(2,3)18-8-10-19(11-9-18)24-21(26)20-15-23(27-25-20)13-12-16-6-4-5-7-17(16)14-23/h4-13H,14-15H2,1-3H3,(H,24,26). The van der Waals surface area contributed by atoms with Gasteiger partial charge in [-0.3, -0.25) is 4.79 Å². The predicted molar refractivity (Wildman–Crippen MR) is 109 cm³/mol. The summed E-state index contributed by atoms with van der Waals surface area (Å²) in [5.74, 6) is -0.206. The first-order chi connectivity index (χ1) is 12.8. The van der Waals surface area contributed by atoms with Crippen molar-refractivity contribution in [2.75, 3.05) is 5.32 Å². The summed E-state index contributed by atoms with van der Waals surface area (Å²) in [6.07, 6.45) is 5.28. The molecule has 4 rings (SSSR count). The van der Waals surface area contributed by atoms with E-state index in [1.165, 1.54) is 16.7 Å². The van der Waals surface area contributed by atoms with Crippen molar-refractivity contribution in [3.8, 4) is 0 Å². The van der Waals surface area contributed by atoms with Gasteiger partial charge in [0.15, 0.2) is 5.60 Å². The topological polar surface area (TPSA) is 50.7 Å². The molecule has 1 heterocycles. The van der Waals surface area contributed by atoms with Crippen LogP contribution in [-0.2, 0) is 21.5 Å². The smallest absolute Gasteiger partial charge is 0.273 e. The molecule has 2 aliphatic rings. The fraction of sp³-hybridized carbons (Fsp3) is 0.304. The summed E-state index contributed by atoms with van der Waals surface area (Å²) in [6.45, 7) is 6.50. The number of carbonyl (C=O) groups is 1. The molecule has 1 unspecified atom stereocenters. The van der Waals surface area contributed by atoms with E-state index >= 15 is 0 Å². The molecule has 1 amide bonds. The van der Waals surface area contributed by atoms with E-state index in [2.05, 4.69) is 49.5 Å². The Kier molecular flexibility index (Phi) is 4.14. The Morgan fingerprint density at radius 3 is 2.56 bits per heavy atom. The van der Waals surface area contributed by atoms with Crippen LogP contribution in [0.25, 0.3) is 6.08 Å². The lowest BCUT2D eigenvalue weighted by Crippen LogP contribution is -2.33. The molecule has 0 bridgehead atoms. The van der Waals surface area contributed by atoms with E-state index in [9.17, 15) is 4.79 Å². The van der Waals surface area contributed by atoms with Crippen molar-refractivity contribution in [2.24, 2.45) is 5.16 Å². The van der Waals surface area contributed by atoms with Crippen molar-refractivity contribution >= 4 is 23.4 Å². The van der Waals surface area contributed by atoms with Crippen LogP contribution in [0.2, 0.25) is 0 Å². The number of nitrogens with zero attached hydrogens (tertiary/aromatic N) is 1. The molecule has 0 radical (unpaired) electrons. The number of rotatable bonds is 2.